The highest BCUT2D eigenvalue weighted by Crippen LogP contribution is 2.44. The number of aromatic nitrogens is 4. The number of fused-ring (bicyclic) bond motifs is 2. The average molecular weight is 384 g/mol. The molecule has 29 heavy (non-hydrogen) atoms. The van der Waals surface area contributed by atoms with Crippen molar-refractivity contribution in [3.8, 4) is 17.2 Å². The molecule has 7 nitrogen and oxygen atoms in total. The summed E-state index contributed by atoms with van der Waals surface area (Å²) in [6.45, 7) is -0.0393. The van der Waals surface area contributed by atoms with Crippen LogP contribution in [0.25, 0.3) is 5.69 Å². The van der Waals surface area contributed by atoms with Gasteiger partial charge >= 0.3 is 5.97 Å². The minimum atomic E-state index is -0.572. The van der Waals surface area contributed by atoms with Gasteiger partial charge in [-0.05, 0) is 34.7 Å². The molecule has 5 rings (SSSR count). The number of carbonyl (C=O) groups excluding carboxylic acids is 1. The van der Waals surface area contributed by atoms with E-state index in [1.165, 1.54) is 0 Å². The molecular formula is C22H16N4O3. The minimum absolute atomic E-state index is 0.0393. The maximum absolute atomic E-state index is 13.1. The summed E-state index contributed by atoms with van der Waals surface area (Å²) >= 11 is 0. The second-order valence-electron chi connectivity index (χ2n) is 6.56. The minimum Gasteiger partial charge on any atom is -0.457 e. The van der Waals surface area contributed by atoms with Crippen molar-refractivity contribution < 1.29 is 14.3 Å². The first kappa shape index (κ1) is 17.1. The van der Waals surface area contributed by atoms with Gasteiger partial charge in [-0.1, -0.05) is 54.6 Å². The molecule has 0 bridgehead atoms. The molecule has 142 valence electrons. The van der Waals surface area contributed by atoms with E-state index in [1.807, 2.05) is 78.9 Å². The first-order chi connectivity index (χ1) is 14.3. The summed E-state index contributed by atoms with van der Waals surface area (Å²) in [5.74, 6) is 0.802. The van der Waals surface area contributed by atoms with Crippen molar-refractivity contribution in [1.82, 2.24) is 20.2 Å². The number of nitrogens with zero attached hydrogens (tertiary/aromatic N) is 4. The van der Waals surface area contributed by atoms with Crippen LogP contribution in [0.3, 0.4) is 0 Å². The number of hydrogen-bond acceptors (Lipinski definition) is 6. The molecule has 1 aromatic heterocycles. The molecule has 0 amide bonds. The van der Waals surface area contributed by atoms with E-state index < -0.39 is 5.92 Å². The van der Waals surface area contributed by atoms with E-state index in [1.54, 1.807) is 4.68 Å². The van der Waals surface area contributed by atoms with E-state index in [-0.39, 0.29) is 12.6 Å². The third-order valence-corrected chi connectivity index (χ3v) is 4.79. The fraction of sp³-hybridized carbons (Fsp3) is 0.0909. The van der Waals surface area contributed by atoms with E-state index in [4.69, 9.17) is 9.47 Å². The lowest BCUT2D eigenvalue weighted by molar-refractivity contribution is -0.146. The van der Waals surface area contributed by atoms with Gasteiger partial charge in [-0.2, -0.15) is 4.68 Å². The van der Waals surface area contributed by atoms with Gasteiger partial charge in [0.1, 0.15) is 17.4 Å². The van der Waals surface area contributed by atoms with Crippen molar-refractivity contribution in [1.29, 1.82) is 0 Å². The van der Waals surface area contributed by atoms with Crippen molar-refractivity contribution in [2.75, 3.05) is 0 Å². The number of ether oxygens (including phenoxy) is 2. The normalized spacial score (nSPS) is 12.6. The molecule has 0 saturated heterocycles. The molecule has 0 atom stereocenters. The SMILES string of the molecule is O=C(OCc1nnnn1-c1ccccc1)C1c2ccccc2Oc2ccccc21. The summed E-state index contributed by atoms with van der Waals surface area (Å²) in [5.41, 5.74) is 2.35. The van der Waals surface area contributed by atoms with Crippen molar-refractivity contribution in [3.63, 3.8) is 0 Å². The lowest BCUT2D eigenvalue weighted by Gasteiger charge is -2.26. The Kier molecular flexibility index (Phi) is 4.25. The highest BCUT2D eigenvalue weighted by Gasteiger charge is 2.33. The van der Waals surface area contributed by atoms with Crippen LogP contribution < -0.4 is 4.74 Å². The summed E-state index contributed by atoms with van der Waals surface area (Å²) in [7, 11) is 0. The fourth-order valence-electron chi connectivity index (χ4n) is 3.45. The zero-order valence-electron chi connectivity index (χ0n) is 15.3. The monoisotopic (exact) mass is 384 g/mol. The summed E-state index contributed by atoms with van der Waals surface area (Å²) in [4.78, 5) is 13.1. The van der Waals surface area contributed by atoms with E-state index in [0.717, 1.165) is 16.8 Å². The predicted molar refractivity (Wildman–Crippen MR) is 104 cm³/mol. The largest absolute Gasteiger partial charge is 0.457 e. The number of carbonyl (C=O) groups is 1. The van der Waals surface area contributed by atoms with Crippen LogP contribution in [0.5, 0.6) is 11.5 Å². The van der Waals surface area contributed by atoms with E-state index in [9.17, 15) is 4.79 Å². The van der Waals surface area contributed by atoms with Gasteiger partial charge in [-0.25, -0.2) is 0 Å². The number of para-hydroxylation sites is 3. The standard InChI is InChI=1S/C22H16N4O3/c27-22(28-14-20-23-24-25-26(20)15-8-2-1-3-9-15)21-16-10-4-6-12-18(16)29-19-13-7-5-11-17(19)21/h1-13,21H,14H2. The summed E-state index contributed by atoms with van der Waals surface area (Å²) < 4.78 is 13.1. The molecule has 4 aromatic rings. The van der Waals surface area contributed by atoms with E-state index >= 15 is 0 Å². The topological polar surface area (TPSA) is 79.1 Å². The van der Waals surface area contributed by atoms with Crippen molar-refractivity contribution in [2.45, 2.75) is 12.5 Å². The van der Waals surface area contributed by atoms with Crippen LogP contribution >= 0.6 is 0 Å². The number of hydrogen-bond donors (Lipinski definition) is 0. The zero-order chi connectivity index (χ0) is 19.6. The van der Waals surface area contributed by atoms with Gasteiger partial charge in [0.2, 0.25) is 0 Å². The number of esters is 1. The Balaban J connectivity index is 1.42. The van der Waals surface area contributed by atoms with E-state index in [0.29, 0.717) is 17.3 Å². The Labute approximate surface area is 166 Å². The van der Waals surface area contributed by atoms with Gasteiger partial charge in [0, 0.05) is 11.1 Å². The molecule has 7 heteroatoms. The maximum atomic E-state index is 13.1. The molecule has 3 aromatic carbocycles. The molecule has 2 heterocycles. The number of tetrazole rings is 1. The maximum Gasteiger partial charge on any atom is 0.318 e. The third kappa shape index (κ3) is 3.12. The smallest absolute Gasteiger partial charge is 0.318 e. The van der Waals surface area contributed by atoms with Crippen LogP contribution in [0.2, 0.25) is 0 Å². The molecule has 0 aliphatic carbocycles. The van der Waals surface area contributed by atoms with Crippen LogP contribution in [0.4, 0.5) is 0 Å². The third-order valence-electron chi connectivity index (χ3n) is 4.79. The zero-order valence-corrected chi connectivity index (χ0v) is 15.3. The Morgan fingerprint density at radius 1 is 0.897 bits per heavy atom. The van der Waals surface area contributed by atoms with Crippen LogP contribution in [0.1, 0.15) is 22.9 Å². The Bertz CT molecular complexity index is 1130. The number of rotatable bonds is 4. The first-order valence-electron chi connectivity index (χ1n) is 9.16. The Morgan fingerprint density at radius 3 is 2.21 bits per heavy atom. The quantitative estimate of drug-likeness (QED) is 0.500. The van der Waals surface area contributed by atoms with Gasteiger partial charge in [0.25, 0.3) is 0 Å². The fourth-order valence-corrected chi connectivity index (χ4v) is 3.45. The van der Waals surface area contributed by atoms with Gasteiger partial charge in [-0.15, -0.1) is 5.10 Å². The molecule has 1 aliphatic rings. The molecule has 0 unspecified atom stereocenters. The molecule has 0 N–H and O–H groups in total. The van der Waals surface area contributed by atoms with Gasteiger partial charge in [0.05, 0.1) is 5.69 Å². The highest BCUT2D eigenvalue weighted by atomic mass is 16.5. The Morgan fingerprint density at radius 2 is 1.52 bits per heavy atom. The molecular weight excluding hydrogens is 368 g/mol. The van der Waals surface area contributed by atoms with Crippen LogP contribution in [0.15, 0.2) is 78.9 Å². The van der Waals surface area contributed by atoms with Gasteiger partial charge in [0.15, 0.2) is 12.4 Å². The molecule has 0 fully saturated rings. The lowest BCUT2D eigenvalue weighted by atomic mass is 9.88. The lowest BCUT2D eigenvalue weighted by Crippen LogP contribution is -2.21. The van der Waals surface area contributed by atoms with Crippen molar-refractivity contribution in [2.24, 2.45) is 0 Å². The first-order valence-corrected chi connectivity index (χ1v) is 9.16. The van der Waals surface area contributed by atoms with Gasteiger partial charge < -0.3 is 9.47 Å². The van der Waals surface area contributed by atoms with Crippen LogP contribution in [-0.4, -0.2) is 26.2 Å². The average Bonchev–Trinajstić information content (AvgIpc) is 3.25. The second-order valence-corrected chi connectivity index (χ2v) is 6.56. The van der Waals surface area contributed by atoms with Crippen molar-refractivity contribution in [3.05, 3.63) is 95.8 Å². The Hall–Kier alpha value is -4.00. The summed E-state index contributed by atoms with van der Waals surface area (Å²) in [6, 6.07) is 24.4. The summed E-state index contributed by atoms with van der Waals surface area (Å²) in [6.07, 6.45) is 0. The van der Waals surface area contributed by atoms with Gasteiger partial charge in [-0.3, -0.25) is 4.79 Å². The second kappa shape index (κ2) is 7.20. The number of benzene rings is 3. The van der Waals surface area contributed by atoms with Crippen molar-refractivity contribution >= 4 is 5.97 Å². The molecule has 0 saturated carbocycles. The van der Waals surface area contributed by atoms with E-state index in [2.05, 4.69) is 15.5 Å². The van der Waals surface area contributed by atoms with Crippen LogP contribution in [0, 0.1) is 0 Å². The molecule has 1 aliphatic heterocycles. The van der Waals surface area contributed by atoms with Crippen LogP contribution in [-0.2, 0) is 16.1 Å². The predicted octanol–water partition coefficient (Wildman–Crippen LogP) is 3.64. The molecule has 0 spiro atoms. The summed E-state index contributed by atoms with van der Waals surface area (Å²) in [5, 5.41) is 11.7. The highest BCUT2D eigenvalue weighted by molar-refractivity contribution is 5.85. The molecule has 0 radical (unpaired) electrons.